The third-order valence-corrected chi connectivity index (χ3v) is 3.57. The molecule has 0 aliphatic rings. The number of hydrogen-bond acceptors (Lipinski definition) is 7. The Morgan fingerprint density at radius 2 is 2.09 bits per heavy atom. The molecule has 124 valence electrons. The van der Waals surface area contributed by atoms with Crippen LogP contribution in [0.15, 0.2) is 12.4 Å². The van der Waals surface area contributed by atoms with Crippen LogP contribution in [0.25, 0.3) is 0 Å². The molecule has 0 unspecified atom stereocenters. The minimum absolute atomic E-state index is 0.268. The molecule has 0 spiro atoms. The number of carbonyl (C=O) groups excluding carboxylic acids is 1. The van der Waals surface area contributed by atoms with E-state index in [0.29, 0.717) is 22.4 Å². The Morgan fingerprint density at radius 3 is 2.70 bits per heavy atom. The maximum Gasteiger partial charge on any atom is 0.333 e. The normalized spacial score (nSPS) is 11.2. The van der Waals surface area contributed by atoms with Gasteiger partial charge in [0.15, 0.2) is 5.54 Å². The van der Waals surface area contributed by atoms with Gasteiger partial charge in [-0.3, -0.25) is 4.68 Å². The molecule has 2 aromatic rings. The van der Waals surface area contributed by atoms with E-state index in [4.69, 9.17) is 21.1 Å². The molecule has 23 heavy (non-hydrogen) atoms. The molecule has 2 rings (SSSR count). The predicted molar refractivity (Wildman–Crippen MR) is 85.2 cm³/mol. The highest BCUT2D eigenvalue weighted by Crippen LogP contribution is 2.26. The first kappa shape index (κ1) is 17.0. The summed E-state index contributed by atoms with van der Waals surface area (Å²) in [7, 11) is 2.81. The molecule has 0 amide bonds. The van der Waals surface area contributed by atoms with E-state index in [9.17, 15) is 4.79 Å². The molecule has 2 heterocycles. The van der Waals surface area contributed by atoms with Crippen LogP contribution in [0.5, 0.6) is 5.88 Å². The van der Waals surface area contributed by atoms with Crippen LogP contribution in [0, 0.1) is 6.92 Å². The van der Waals surface area contributed by atoms with Crippen molar-refractivity contribution < 1.29 is 14.3 Å². The van der Waals surface area contributed by atoms with Gasteiger partial charge in [-0.2, -0.15) is 10.1 Å². The lowest BCUT2D eigenvalue weighted by Crippen LogP contribution is -2.37. The van der Waals surface area contributed by atoms with E-state index in [1.165, 1.54) is 25.1 Å². The number of rotatable bonds is 5. The van der Waals surface area contributed by atoms with E-state index < -0.39 is 11.5 Å². The van der Waals surface area contributed by atoms with Gasteiger partial charge in [0.05, 0.1) is 38.0 Å². The van der Waals surface area contributed by atoms with Crippen LogP contribution in [0.4, 0.5) is 11.6 Å². The maximum atomic E-state index is 11.9. The Kier molecular flexibility index (Phi) is 4.74. The molecule has 0 aromatic carbocycles. The van der Waals surface area contributed by atoms with Gasteiger partial charge in [-0.25, -0.2) is 9.78 Å². The number of carbonyl (C=O) groups is 1. The van der Waals surface area contributed by atoms with E-state index >= 15 is 0 Å². The summed E-state index contributed by atoms with van der Waals surface area (Å²) < 4.78 is 11.4. The van der Waals surface area contributed by atoms with Gasteiger partial charge in [0.25, 0.3) is 0 Å². The third kappa shape index (κ3) is 3.37. The Hall–Kier alpha value is -2.35. The summed E-state index contributed by atoms with van der Waals surface area (Å²) in [5, 5.41) is 7.69. The Balaban J connectivity index is 2.30. The zero-order valence-corrected chi connectivity index (χ0v) is 14.3. The lowest BCUT2D eigenvalue weighted by atomic mass is 10.1. The minimum Gasteiger partial charge on any atom is -0.480 e. The predicted octanol–water partition coefficient (Wildman–Crippen LogP) is 2.30. The number of hydrogen-bond donors (Lipinski definition) is 1. The number of nitrogens with one attached hydrogen (secondary N) is 1. The van der Waals surface area contributed by atoms with Crippen molar-refractivity contribution >= 4 is 29.2 Å². The molecule has 0 aliphatic heterocycles. The molecule has 0 bridgehead atoms. The molecular weight excluding hydrogens is 322 g/mol. The van der Waals surface area contributed by atoms with E-state index in [-0.39, 0.29) is 5.88 Å². The largest absolute Gasteiger partial charge is 0.480 e. The second-order valence-electron chi connectivity index (χ2n) is 5.30. The van der Waals surface area contributed by atoms with Crippen molar-refractivity contribution in [3.8, 4) is 5.88 Å². The Morgan fingerprint density at radius 1 is 1.39 bits per heavy atom. The summed E-state index contributed by atoms with van der Waals surface area (Å²) in [6.07, 6.45) is 3.13. The monoisotopic (exact) mass is 339 g/mol. The van der Waals surface area contributed by atoms with Crippen LogP contribution in [-0.4, -0.2) is 39.9 Å². The highest BCUT2D eigenvalue weighted by atomic mass is 35.5. The van der Waals surface area contributed by atoms with Crippen molar-refractivity contribution in [2.75, 3.05) is 19.5 Å². The van der Waals surface area contributed by atoms with Crippen LogP contribution in [0.1, 0.15) is 19.5 Å². The molecule has 0 saturated carbocycles. The molecule has 2 aromatic heterocycles. The van der Waals surface area contributed by atoms with Gasteiger partial charge in [0.2, 0.25) is 11.8 Å². The number of nitrogens with zero attached hydrogens (tertiary/aromatic N) is 4. The third-order valence-electron chi connectivity index (χ3n) is 3.31. The van der Waals surface area contributed by atoms with Gasteiger partial charge in [-0.1, -0.05) is 11.6 Å². The van der Waals surface area contributed by atoms with Crippen LogP contribution in [0.2, 0.25) is 5.02 Å². The molecule has 0 radical (unpaired) electrons. The Bertz CT molecular complexity index is 729. The first-order valence-corrected chi connectivity index (χ1v) is 7.16. The van der Waals surface area contributed by atoms with Crippen LogP contribution in [-0.2, 0) is 15.1 Å². The number of halogens is 1. The minimum atomic E-state index is -0.933. The topological polar surface area (TPSA) is 91.2 Å². The van der Waals surface area contributed by atoms with Crippen LogP contribution < -0.4 is 10.1 Å². The smallest absolute Gasteiger partial charge is 0.333 e. The molecular formula is C14H18ClN5O3. The van der Waals surface area contributed by atoms with Crippen LogP contribution >= 0.6 is 11.6 Å². The summed E-state index contributed by atoms with van der Waals surface area (Å²) in [4.78, 5) is 20.1. The number of aryl methyl sites for hydroxylation is 1. The van der Waals surface area contributed by atoms with E-state index in [2.05, 4.69) is 20.4 Å². The van der Waals surface area contributed by atoms with E-state index in [1.807, 2.05) is 0 Å². The Labute approximate surface area is 138 Å². The number of ether oxygens (including phenoxy) is 2. The quantitative estimate of drug-likeness (QED) is 0.835. The van der Waals surface area contributed by atoms with Gasteiger partial charge in [-0.15, -0.1) is 0 Å². The lowest BCUT2D eigenvalue weighted by Gasteiger charge is -2.21. The number of aromatic nitrogens is 4. The zero-order valence-electron chi connectivity index (χ0n) is 13.5. The second kappa shape index (κ2) is 6.41. The van der Waals surface area contributed by atoms with Crippen LogP contribution in [0.3, 0.4) is 0 Å². The summed E-state index contributed by atoms with van der Waals surface area (Å²) in [5.41, 5.74) is 0.406. The van der Waals surface area contributed by atoms with Crippen molar-refractivity contribution in [2.45, 2.75) is 26.3 Å². The first-order valence-electron chi connectivity index (χ1n) is 6.78. The second-order valence-corrected chi connectivity index (χ2v) is 5.71. The standard InChI is InChI=1S/C14H18ClN5O3/c1-8-10(7-20(19-8)14(2,3)12(21)23-5)17-13-16-6-9(15)11(18-13)22-4/h6-7H,1-5H3,(H,16,17,18). The highest BCUT2D eigenvalue weighted by Gasteiger charge is 2.32. The SMILES string of the molecule is COC(=O)C(C)(C)n1cc(Nc2ncc(Cl)c(OC)n2)c(C)n1. The first-order chi connectivity index (χ1) is 10.8. The fraction of sp³-hybridized carbons (Fsp3) is 0.429. The average Bonchev–Trinajstić information content (AvgIpc) is 2.90. The van der Waals surface area contributed by atoms with Gasteiger partial charge < -0.3 is 14.8 Å². The average molecular weight is 340 g/mol. The molecule has 9 heteroatoms. The van der Waals surface area contributed by atoms with Crippen molar-refractivity contribution in [3.63, 3.8) is 0 Å². The molecule has 0 atom stereocenters. The van der Waals surface area contributed by atoms with Gasteiger partial charge in [0, 0.05) is 0 Å². The lowest BCUT2D eigenvalue weighted by molar-refractivity contribution is -0.150. The maximum absolute atomic E-state index is 11.9. The number of methoxy groups -OCH3 is 2. The highest BCUT2D eigenvalue weighted by molar-refractivity contribution is 6.31. The molecule has 8 nitrogen and oxygen atoms in total. The van der Waals surface area contributed by atoms with Gasteiger partial charge >= 0.3 is 5.97 Å². The van der Waals surface area contributed by atoms with Crippen molar-refractivity contribution in [1.82, 2.24) is 19.7 Å². The molecule has 0 saturated heterocycles. The fourth-order valence-electron chi connectivity index (χ4n) is 1.89. The zero-order chi connectivity index (χ0) is 17.2. The number of esters is 1. The van der Waals surface area contributed by atoms with Gasteiger partial charge in [-0.05, 0) is 20.8 Å². The summed E-state index contributed by atoms with van der Waals surface area (Å²) in [6.45, 7) is 5.24. The molecule has 0 aliphatic carbocycles. The fourth-order valence-corrected chi connectivity index (χ4v) is 2.06. The van der Waals surface area contributed by atoms with Crippen molar-refractivity contribution in [3.05, 3.63) is 23.1 Å². The molecule has 1 N–H and O–H groups in total. The van der Waals surface area contributed by atoms with Gasteiger partial charge in [0.1, 0.15) is 5.02 Å². The van der Waals surface area contributed by atoms with E-state index in [0.717, 1.165) is 0 Å². The number of anilines is 2. The molecule has 0 fully saturated rings. The van der Waals surface area contributed by atoms with E-state index in [1.54, 1.807) is 27.0 Å². The van der Waals surface area contributed by atoms with Crippen molar-refractivity contribution in [2.24, 2.45) is 0 Å². The summed E-state index contributed by atoms with van der Waals surface area (Å²) >= 11 is 5.90. The van der Waals surface area contributed by atoms with Crippen molar-refractivity contribution in [1.29, 1.82) is 0 Å². The summed E-state index contributed by atoms with van der Waals surface area (Å²) in [6, 6.07) is 0. The summed E-state index contributed by atoms with van der Waals surface area (Å²) in [5.74, 6) is 0.185.